The van der Waals surface area contributed by atoms with Gasteiger partial charge in [0, 0.05) is 11.6 Å². The first kappa shape index (κ1) is 11.5. The number of fused-ring (bicyclic) bond motifs is 1. The predicted octanol–water partition coefficient (Wildman–Crippen LogP) is 1.04. The molecule has 0 atom stereocenters. The summed E-state index contributed by atoms with van der Waals surface area (Å²) in [6.45, 7) is -0.251. The Balaban J connectivity index is 2.60. The summed E-state index contributed by atoms with van der Waals surface area (Å²) in [4.78, 5) is 4.22. The van der Waals surface area contributed by atoms with Crippen molar-refractivity contribution in [3.8, 4) is 6.07 Å². The van der Waals surface area contributed by atoms with Crippen molar-refractivity contribution in [2.75, 3.05) is 6.54 Å². The molecule has 0 amide bonds. The highest BCUT2D eigenvalue weighted by molar-refractivity contribution is 7.89. The maximum absolute atomic E-state index is 11.9. The summed E-state index contributed by atoms with van der Waals surface area (Å²) in [5.41, 5.74) is 0.604. The zero-order valence-electron chi connectivity index (χ0n) is 8.79. The molecule has 2 rings (SSSR count). The van der Waals surface area contributed by atoms with Crippen LogP contribution in [0.3, 0.4) is 0 Å². The Labute approximate surface area is 98.8 Å². The molecule has 6 heteroatoms. The Bertz CT molecular complexity index is 684. The van der Waals surface area contributed by atoms with Gasteiger partial charge in [0.25, 0.3) is 0 Å². The highest BCUT2D eigenvalue weighted by Gasteiger charge is 2.16. The van der Waals surface area contributed by atoms with Crippen molar-refractivity contribution in [2.24, 2.45) is 0 Å². The number of pyridine rings is 1. The molecule has 0 aliphatic heterocycles. The van der Waals surface area contributed by atoms with Crippen molar-refractivity contribution in [1.82, 2.24) is 9.71 Å². The van der Waals surface area contributed by atoms with E-state index < -0.39 is 10.0 Å². The zero-order valence-corrected chi connectivity index (χ0v) is 9.61. The minimum Gasteiger partial charge on any atom is -0.256 e. The first-order valence-electron chi connectivity index (χ1n) is 4.85. The number of hydrogen-bond acceptors (Lipinski definition) is 4. The fraction of sp³-hybridized carbons (Fsp3) is 0.0909. The van der Waals surface area contributed by atoms with Gasteiger partial charge < -0.3 is 0 Å². The lowest BCUT2D eigenvalue weighted by Gasteiger charge is -2.06. The summed E-state index contributed by atoms with van der Waals surface area (Å²) in [6, 6.07) is 9.94. The van der Waals surface area contributed by atoms with Crippen molar-refractivity contribution >= 4 is 20.9 Å². The largest absolute Gasteiger partial charge is 0.256 e. The molecule has 1 heterocycles. The second-order valence-corrected chi connectivity index (χ2v) is 5.04. The molecular formula is C11H9N3O2S. The van der Waals surface area contributed by atoms with Crippen LogP contribution in [0.15, 0.2) is 41.4 Å². The normalized spacial score (nSPS) is 11.2. The molecule has 5 nitrogen and oxygen atoms in total. The SMILES string of the molecule is N#CCNS(=O)(=O)c1cccc2ncccc12. The maximum atomic E-state index is 11.9. The van der Waals surface area contributed by atoms with E-state index in [1.165, 1.54) is 6.07 Å². The number of hydrogen-bond donors (Lipinski definition) is 1. The van der Waals surface area contributed by atoms with Crippen LogP contribution in [0.1, 0.15) is 0 Å². The Morgan fingerprint density at radius 2 is 2.12 bits per heavy atom. The van der Waals surface area contributed by atoms with Crippen LogP contribution >= 0.6 is 0 Å². The number of nitrogens with one attached hydrogen (secondary N) is 1. The maximum Gasteiger partial charge on any atom is 0.242 e. The van der Waals surface area contributed by atoms with E-state index in [0.29, 0.717) is 10.9 Å². The third kappa shape index (κ3) is 2.25. The van der Waals surface area contributed by atoms with Crippen LogP contribution in [-0.4, -0.2) is 19.9 Å². The Morgan fingerprint density at radius 3 is 2.88 bits per heavy atom. The summed E-state index contributed by atoms with van der Waals surface area (Å²) in [7, 11) is -3.66. The summed E-state index contributed by atoms with van der Waals surface area (Å²) >= 11 is 0. The molecule has 0 bridgehead atoms. The van der Waals surface area contributed by atoms with Gasteiger partial charge >= 0.3 is 0 Å². The molecule has 86 valence electrons. The van der Waals surface area contributed by atoms with Crippen molar-refractivity contribution in [3.05, 3.63) is 36.5 Å². The van der Waals surface area contributed by atoms with Gasteiger partial charge in [0.1, 0.15) is 0 Å². The van der Waals surface area contributed by atoms with E-state index >= 15 is 0 Å². The molecule has 0 spiro atoms. The lowest BCUT2D eigenvalue weighted by Crippen LogP contribution is -2.24. The Morgan fingerprint density at radius 1 is 1.29 bits per heavy atom. The van der Waals surface area contributed by atoms with Crippen LogP contribution in [0.4, 0.5) is 0 Å². The van der Waals surface area contributed by atoms with Gasteiger partial charge in [-0.05, 0) is 24.3 Å². The Hall–Kier alpha value is -1.97. The van der Waals surface area contributed by atoms with E-state index in [0.717, 1.165) is 0 Å². The molecule has 0 fully saturated rings. The summed E-state index contributed by atoms with van der Waals surface area (Å²) in [5.74, 6) is 0. The van der Waals surface area contributed by atoms with Crippen molar-refractivity contribution in [1.29, 1.82) is 5.26 Å². The molecule has 0 saturated heterocycles. The van der Waals surface area contributed by atoms with E-state index in [2.05, 4.69) is 9.71 Å². The second-order valence-electron chi connectivity index (χ2n) is 3.31. The number of rotatable bonds is 3. The number of sulfonamides is 1. The van der Waals surface area contributed by atoms with Crippen molar-refractivity contribution in [2.45, 2.75) is 4.90 Å². The fourth-order valence-electron chi connectivity index (χ4n) is 1.51. The third-order valence-electron chi connectivity index (χ3n) is 2.24. The third-order valence-corrected chi connectivity index (χ3v) is 3.70. The molecule has 2 aromatic rings. The van der Waals surface area contributed by atoms with Gasteiger partial charge in [0.2, 0.25) is 10.0 Å². The van der Waals surface area contributed by atoms with Gasteiger partial charge in [0.15, 0.2) is 0 Å². The molecular weight excluding hydrogens is 238 g/mol. The standard InChI is InChI=1S/C11H9N3O2S/c12-6-8-14-17(15,16)11-5-1-4-10-9(11)3-2-7-13-10/h1-5,7,14H,8H2. The Kier molecular flexibility index (Phi) is 3.04. The van der Waals surface area contributed by atoms with Crippen LogP contribution in [0.25, 0.3) is 10.9 Å². The first-order valence-corrected chi connectivity index (χ1v) is 6.34. The summed E-state index contributed by atoms with van der Waals surface area (Å²) in [5, 5.41) is 8.94. The average molecular weight is 247 g/mol. The van der Waals surface area contributed by atoms with Crippen LogP contribution < -0.4 is 4.72 Å². The lowest BCUT2D eigenvalue weighted by molar-refractivity contribution is 0.587. The monoisotopic (exact) mass is 247 g/mol. The van der Waals surface area contributed by atoms with E-state index in [4.69, 9.17) is 5.26 Å². The number of nitrogens with zero attached hydrogens (tertiary/aromatic N) is 2. The molecule has 0 saturated carbocycles. The van der Waals surface area contributed by atoms with E-state index in [9.17, 15) is 8.42 Å². The highest BCUT2D eigenvalue weighted by atomic mass is 32.2. The molecule has 0 radical (unpaired) electrons. The van der Waals surface area contributed by atoms with E-state index in [-0.39, 0.29) is 11.4 Å². The van der Waals surface area contributed by atoms with Gasteiger partial charge in [-0.2, -0.15) is 9.98 Å². The van der Waals surface area contributed by atoms with Crippen LogP contribution in [0.5, 0.6) is 0 Å². The molecule has 1 N–H and O–H groups in total. The number of aromatic nitrogens is 1. The average Bonchev–Trinajstić information content (AvgIpc) is 2.36. The fourth-order valence-corrected chi connectivity index (χ4v) is 2.64. The smallest absolute Gasteiger partial charge is 0.242 e. The van der Waals surface area contributed by atoms with Gasteiger partial charge in [-0.15, -0.1) is 0 Å². The topological polar surface area (TPSA) is 82.9 Å². The number of benzene rings is 1. The van der Waals surface area contributed by atoms with Gasteiger partial charge in [-0.25, -0.2) is 8.42 Å². The number of nitriles is 1. The van der Waals surface area contributed by atoms with Crippen LogP contribution in [-0.2, 0) is 10.0 Å². The van der Waals surface area contributed by atoms with Gasteiger partial charge in [0.05, 0.1) is 23.0 Å². The zero-order chi connectivity index (χ0) is 12.3. The van der Waals surface area contributed by atoms with Gasteiger partial charge in [-0.3, -0.25) is 4.98 Å². The molecule has 17 heavy (non-hydrogen) atoms. The predicted molar refractivity (Wildman–Crippen MR) is 62.5 cm³/mol. The van der Waals surface area contributed by atoms with E-state index in [1.807, 2.05) is 0 Å². The minimum atomic E-state index is -3.66. The van der Waals surface area contributed by atoms with Crippen LogP contribution in [0.2, 0.25) is 0 Å². The van der Waals surface area contributed by atoms with E-state index in [1.54, 1.807) is 36.5 Å². The summed E-state index contributed by atoms with van der Waals surface area (Å²) in [6.07, 6.45) is 1.60. The molecule has 0 aliphatic rings. The quantitative estimate of drug-likeness (QED) is 0.821. The molecule has 1 aromatic carbocycles. The molecule has 1 aromatic heterocycles. The van der Waals surface area contributed by atoms with Crippen LogP contribution in [0, 0.1) is 11.3 Å². The molecule has 0 unspecified atom stereocenters. The molecule has 0 aliphatic carbocycles. The minimum absolute atomic E-state index is 0.137. The lowest BCUT2D eigenvalue weighted by atomic mass is 10.2. The highest BCUT2D eigenvalue weighted by Crippen LogP contribution is 2.20. The summed E-state index contributed by atoms with van der Waals surface area (Å²) < 4.78 is 26.0. The van der Waals surface area contributed by atoms with Crippen molar-refractivity contribution < 1.29 is 8.42 Å². The van der Waals surface area contributed by atoms with Gasteiger partial charge in [-0.1, -0.05) is 6.07 Å². The first-order chi connectivity index (χ1) is 8.15. The van der Waals surface area contributed by atoms with Crippen molar-refractivity contribution in [3.63, 3.8) is 0 Å². The second kappa shape index (κ2) is 4.49.